The molecule has 26 heavy (non-hydrogen) atoms. The van der Waals surface area contributed by atoms with E-state index in [0.29, 0.717) is 24.0 Å². The number of amides is 1. The summed E-state index contributed by atoms with van der Waals surface area (Å²) >= 11 is 0. The van der Waals surface area contributed by atoms with Crippen LogP contribution < -0.4 is 19.5 Å². The van der Waals surface area contributed by atoms with Gasteiger partial charge in [-0.3, -0.25) is 4.79 Å². The molecule has 1 aliphatic carbocycles. The lowest BCUT2D eigenvalue weighted by Crippen LogP contribution is -2.33. The molecule has 7 nitrogen and oxygen atoms in total. The van der Waals surface area contributed by atoms with Gasteiger partial charge in [0.1, 0.15) is 0 Å². The Labute approximate surface area is 155 Å². The maximum Gasteiger partial charge on any atom is 0.240 e. The van der Waals surface area contributed by atoms with Gasteiger partial charge in [-0.05, 0) is 30.9 Å². The molecule has 0 radical (unpaired) electrons. The third-order valence-electron chi connectivity index (χ3n) is 4.62. The summed E-state index contributed by atoms with van der Waals surface area (Å²) < 4.78 is 37.4. The molecule has 1 saturated carbocycles. The minimum atomic E-state index is -3.71. The summed E-state index contributed by atoms with van der Waals surface area (Å²) in [6.07, 6.45) is 6.16. The van der Waals surface area contributed by atoms with E-state index in [1.807, 2.05) is 0 Å². The standard InChI is InChI=1S/C18H28N2O5S/c1-24-16-9-8-15(12-17(16)25-2)26(22,23)20-11-10-18(21)19-13-14-6-4-3-5-7-14/h8-9,12,14,20H,3-7,10-11,13H2,1-2H3,(H,19,21). The summed E-state index contributed by atoms with van der Waals surface area (Å²) in [6, 6.07) is 4.36. The van der Waals surface area contributed by atoms with Gasteiger partial charge >= 0.3 is 0 Å². The number of nitrogens with one attached hydrogen (secondary N) is 2. The van der Waals surface area contributed by atoms with Crippen molar-refractivity contribution in [1.29, 1.82) is 0 Å². The van der Waals surface area contributed by atoms with E-state index in [2.05, 4.69) is 10.0 Å². The minimum absolute atomic E-state index is 0.0488. The van der Waals surface area contributed by atoms with E-state index in [-0.39, 0.29) is 23.8 Å². The van der Waals surface area contributed by atoms with Crippen molar-refractivity contribution in [3.05, 3.63) is 18.2 Å². The molecular weight excluding hydrogens is 356 g/mol. The van der Waals surface area contributed by atoms with Gasteiger partial charge in [-0.1, -0.05) is 19.3 Å². The van der Waals surface area contributed by atoms with Crippen LogP contribution in [0.25, 0.3) is 0 Å². The monoisotopic (exact) mass is 384 g/mol. The fraction of sp³-hybridized carbons (Fsp3) is 0.611. The average Bonchev–Trinajstić information content (AvgIpc) is 2.66. The number of carbonyl (C=O) groups is 1. The van der Waals surface area contributed by atoms with Crippen LogP contribution in [-0.2, 0) is 14.8 Å². The molecule has 0 aromatic heterocycles. The van der Waals surface area contributed by atoms with Gasteiger partial charge < -0.3 is 14.8 Å². The van der Waals surface area contributed by atoms with Crippen molar-refractivity contribution < 1.29 is 22.7 Å². The topological polar surface area (TPSA) is 93.7 Å². The lowest BCUT2D eigenvalue weighted by molar-refractivity contribution is -0.121. The zero-order valence-corrected chi connectivity index (χ0v) is 16.2. The Balaban J connectivity index is 1.81. The van der Waals surface area contributed by atoms with Crippen LogP contribution in [0.4, 0.5) is 0 Å². The summed E-state index contributed by atoms with van der Waals surface area (Å²) in [7, 11) is -0.789. The van der Waals surface area contributed by atoms with Gasteiger partial charge in [0, 0.05) is 25.6 Å². The fourth-order valence-corrected chi connectivity index (χ4v) is 4.15. The summed E-state index contributed by atoms with van der Waals surface area (Å²) in [4.78, 5) is 12.0. The highest BCUT2D eigenvalue weighted by molar-refractivity contribution is 7.89. The van der Waals surface area contributed by atoms with Gasteiger partial charge in [-0.25, -0.2) is 13.1 Å². The van der Waals surface area contributed by atoms with E-state index in [1.54, 1.807) is 0 Å². The molecule has 2 N–H and O–H groups in total. The normalized spacial score (nSPS) is 15.5. The third-order valence-corrected chi connectivity index (χ3v) is 6.08. The van der Waals surface area contributed by atoms with Crippen molar-refractivity contribution in [3.63, 3.8) is 0 Å². The molecule has 146 valence electrons. The Kier molecular flexibility index (Phi) is 7.71. The first kappa shape index (κ1) is 20.5. The van der Waals surface area contributed by atoms with Crippen molar-refractivity contribution in [2.75, 3.05) is 27.3 Å². The van der Waals surface area contributed by atoms with Crippen molar-refractivity contribution in [1.82, 2.24) is 10.0 Å². The maximum atomic E-state index is 12.3. The maximum absolute atomic E-state index is 12.3. The van der Waals surface area contributed by atoms with Crippen molar-refractivity contribution in [2.24, 2.45) is 5.92 Å². The lowest BCUT2D eigenvalue weighted by atomic mass is 9.89. The minimum Gasteiger partial charge on any atom is -0.493 e. The first-order valence-corrected chi connectivity index (χ1v) is 10.4. The summed E-state index contributed by atoms with van der Waals surface area (Å²) in [5, 5.41) is 2.90. The Bertz CT molecular complexity index is 700. The zero-order chi connectivity index (χ0) is 19.0. The second-order valence-corrected chi connectivity index (χ2v) is 8.24. The molecule has 1 aromatic rings. The van der Waals surface area contributed by atoms with E-state index in [1.165, 1.54) is 51.7 Å². The van der Waals surface area contributed by atoms with E-state index in [0.717, 1.165) is 12.8 Å². The second kappa shape index (κ2) is 9.78. The number of hydrogen-bond donors (Lipinski definition) is 2. The molecule has 0 aliphatic heterocycles. The van der Waals surface area contributed by atoms with Gasteiger partial charge in [0.2, 0.25) is 15.9 Å². The first-order valence-electron chi connectivity index (χ1n) is 8.94. The lowest BCUT2D eigenvalue weighted by Gasteiger charge is -2.21. The zero-order valence-electron chi connectivity index (χ0n) is 15.4. The number of carbonyl (C=O) groups excluding carboxylic acids is 1. The number of hydrogen-bond acceptors (Lipinski definition) is 5. The SMILES string of the molecule is COc1ccc(S(=O)(=O)NCCC(=O)NCC2CCCCC2)cc1OC. The van der Waals surface area contributed by atoms with Crippen molar-refractivity contribution in [2.45, 2.75) is 43.4 Å². The molecule has 1 fully saturated rings. The van der Waals surface area contributed by atoms with Gasteiger partial charge in [-0.2, -0.15) is 0 Å². The number of rotatable bonds is 9. The van der Waals surface area contributed by atoms with Crippen LogP contribution in [0.5, 0.6) is 11.5 Å². The van der Waals surface area contributed by atoms with Crippen LogP contribution in [0.3, 0.4) is 0 Å². The van der Waals surface area contributed by atoms with Crippen LogP contribution in [0.15, 0.2) is 23.1 Å². The second-order valence-electron chi connectivity index (χ2n) is 6.47. The van der Waals surface area contributed by atoms with Crippen LogP contribution in [-0.4, -0.2) is 41.6 Å². The molecule has 1 aromatic carbocycles. The highest BCUT2D eigenvalue weighted by Gasteiger charge is 2.18. The molecule has 1 aliphatic rings. The van der Waals surface area contributed by atoms with Gasteiger partial charge in [-0.15, -0.1) is 0 Å². The fourth-order valence-electron chi connectivity index (χ4n) is 3.10. The van der Waals surface area contributed by atoms with E-state index < -0.39 is 10.0 Å². The van der Waals surface area contributed by atoms with Gasteiger partial charge in [0.05, 0.1) is 19.1 Å². The van der Waals surface area contributed by atoms with E-state index in [9.17, 15) is 13.2 Å². The molecule has 0 saturated heterocycles. The molecule has 1 amide bonds. The highest BCUT2D eigenvalue weighted by Crippen LogP contribution is 2.29. The summed E-state index contributed by atoms with van der Waals surface area (Å²) in [5.74, 6) is 1.20. The van der Waals surface area contributed by atoms with Gasteiger partial charge in [0.15, 0.2) is 11.5 Å². The predicted molar refractivity (Wildman–Crippen MR) is 98.9 cm³/mol. The molecule has 0 unspecified atom stereocenters. The molecule has 0 atom stereocenters. The van der Waals surface area contributed by atoms with Crippen molar-refractivity contribution >= 4 is 15.9 Å². The first-order chi connectivity index (χ1) is 12.5. The quantitative estimate of drug-likeness (QED) is 0.680. The highest BCUT2D eigenvalue weighted by atomic mass is 32.2. The Morgan fingerprint density at radius 2 is 1.81 bits per heavy atom. The van der Waals surface area contributed by atoms with Crippen LogP contribution in [0.2, 0.25) is 0 Å². The van der Waals surface area contributed by atoms with Crippen LogP contribution in [0, 0.1) is 5.92 Å². The summed E-state index contributed by atoms with van der Waals surface area (Å²) in [6.45, 7) is 0.731. The number of methoxy groups -OCH3 is 2. The Morgan fingerprint density at radius 3 is 2.46 bits per heavy atom. The van der Waals surface area contributed by atoms with E-state index in [4.69, 9.17) is 9.47 Å². The van der Waals surface area contributed by atoms with Crippen LogP contribution in [0.1, 0.15) is 38.5 Å². The molecule has 2 rings (SSSR count). The predicted octanol–water partition coefficient (Wildman–Crippen LogP) is 2.07. The van der Waals surface area contributed by atoms with E-state index >= 15 is 0 Å². The van der Waals surface area contributed by atoms with Crippen LogP contribution >= 0.6 is 0 Å². The molecular formula is C18H28N2O5S. The summed E-state index contributed by atoms with van der Waals surface area (Å²) in [5.41, 5.74) is 0. The molecule has 0 heterocycles. The number of ether oxygens (including phenoxy) is 2. The number of sulfonamides is 1. The molecule has 0 spiro atoms. The van der Waals surface area contributed by atoms with Crippen molar-refractivity contribution in [3.8, 4) is 11.5 Å². The Hall–Kier alpha value is -1.80. The largest absolute Gasteiger partial charge is 0.493 e. The average molecular weight is 384 g/mol. The number of benzene rings is 1. The molecule has 0 bridgehead atoms. The smallest absolute Gasteiger partial charge is 0.240 e. The van der Waals surface area contributed by atoms with Gasteiger partial charge in [0.25, 0.3) is 0 Å². The Morgan fingerprint density at radius 1 is 1.12 bits per heavy atom. The molecule has 8 heteroatoms. The third kappa shape index (κ3) is 5.88.